The predicted molar refractivity (Wildman–Crippen MR) is 115 cm³/mol. The number of hydrogen-bond acceptors (Lipinski definition) is 4. The maximum Gasteiger partial charge on any atom is 0.345 e. The minimum absolute atomic E-state index is 0.0107. The summed E-state index contributed by atoms with van der Waals surface area (Å²) in [5.41, 5.74) is 0.486. The second kappa shape index (κ2) is 8.34. The van der Waals surface area contributed by atoms with E-state index < -0.39 is 11.3 Å². The first-order valence-electron chi connectivity index (χ1n) is 11.1. The summed E-state index contributed by atoms with van der Waals surface area (Å²) in [5.74, 6) is 0.159. The van der Waals surface area contributed by atoms with Crippen molar-refractivity contribution in [2.24, 2.45) is 11.8 Å². The van der Waals surface area contributed by atoms with Crippen molar-refractivity contribution < 1.29 is 9.90 Å². The van der Waals surface area contributed by atoms with Crippen LogP contribution in [0, 0.1) is 11.8 Å². The number of aliphatic hydroxyl groups is 1. The molecular formula is C24H31N3O3. The van der Waals surface area contributed by atoms with Gasteiger partial charge in [-0.05, 0) is 43.2 Å². The van der Waals surface area contributed by atoms with E-state index >= 15 is 0 Å². The summed E-state index contributed by atoms with van der Waals surface area (Å²) in [4.78, 5) is 34.1. The smallest absolute Gasteiger partial charge is 0.345 e. The Morgan fingerprint density at radius 2 is 2.00 bits per heavy atom. The number of nitrogens with zero attached hydrogens (tertiary/aromatic N) is 2. The lowest BCUT2D eigenvalue weighted by Crippen LogP contribution is -2.59. The van der Waals surface area contributed by atoms with Crippen LogP contribution in [0.4, 0.5) is 0 Å². The summed E-state index contributed by atoms with van der Waals surface area (Å²) in [5, 5.41) is 11.7. The summed E-state index contributed by atoms with van der Waals surface area (Å²) < 4.78 is 0. The summed E-state index contributed by atoms with van der Waals surface area (Å²) >= 11 is 0. The molecule has 1 aromatic carbocycles. The third kappa shape index (κ3) is 3.93. The zero-order valence-corrected chi connectivity index (χ0v) is 17.8. The van der Waals surface area contributed by atoms with E-state index in [1.165, 1.54) is 0 Å². The van der Waals surface area contributed by atoms with Crippen molar-refractivity contribution in [1.82, 2.24) is 14.9 Å². The molecule has 30 heavy (non-hydrogen) atoms. The molecule has 6 nitrogen and oxygen atoms in total. The zero-order valence-electron chi connectivity index (χ0n) is 17.8. The van der Waals surface area contributed by atoms with Gasteiger partial charge in [-0.15, -0.1) is 0 Å². The molecule has 2 aliphatic rings. The van der Waals surface area contributed by atoms with Crippen LogP contribution in [-0.2, 0) is 12.0 Å². The summed E-state index contributed by atoms with van der Waals surface area (Å²) in [7, 11) is 0. The highest BCUT2D eigenvalue weighted by molar-refractivity contribution is 5.92. The Bertz CT molecular complexity index is 956. The van der Waals surface area contributed by atoms with Gasteiger partial charge in [-0.25, -0.2) is 4.79 Å². The molecule has 0 spiro atoms. The lowest BCUT2D eigenvalue weighted by Gasteiger charge is -2.52. The minimum atomic E-state index is -0.923. The Hall–Kier alpha value is -2.47. The van der Waals surface area contributed by atoms with Gasteiger partial charge in [0.15, 0.2) is 0 Å². The van der Waals surface area contributed by atoms with Gasteiger partial charge in [0.1, 0.15) is 5.69 Å². The number of nitrogens with one attached hydrogen (secondary N) is 1. The Balaban J connectivity index is 1.64. The molecule has 1 aliphatic heterocycles. The number of piperidine rings is 1. The van der Waals surface area contributed by atoms with E-state index in [0.717, 1.165) is 36.9 Å². The fraction of sp³-hybridized carbons (Fsp3) is 0.542. The monoisotopic (exact) mass is 409 g/mol. The molecule has 2 fully saturated rings. The van der Waals surface area contributed by atoms with Gasteiger partial charge in [0.25, 0.3) is 5.91 Å². The standard InChI is InChI=1S/C24H31N3O3/c1-16(2)14-18-15-20(26-23(29)25-18)22(28)27-13-12-24(30,17-8-4-3-5-9-17)19-10-6-7-11-21(19)27/h3-5,8-9,15-16,19,21,30H,6-7,10-14H2,1-2H3,(H,25,26,29)/t19-,21+,24+/m0/s1. The molecule has 4 rings (SSSR count). The second-order valence-corrected chi connectivity index (χ2v) is 9.19. The van der Waals surface area contributed by atoms with Gasteiger partial charge < -0.3 is 15.0 Å². The topological polar surface area (TPSA) is 86.3 Å². The number of carbonyl (C=O) groups excluding carboxylic acids is 1. The number of H-pyrrole nitrogens is 1. The van der Waals surface area contributed by atoms with Crippen molar-refractivity contribution in [3.05, 3.63) is 63.8 Å². The summed E-state index contributed by atoms with van der Waals surface area (Å²) in [6, 6.07) is 11.5. The van der Waals surface area contributed by atoms with Gasteiger partial charge in [0.2, 0.25) is 0 Å². The van der Waals surface area contributed by atoms with E-state index in [1.807, 2.05) is 35.2 Å². The van der Waals surface area contributed by atoms with Crippen LogP contribution in [0.5, 0.6) is 0 Å². The van der Waals surface area contributed by atoms with E-state index in [4.69, 9.17) is 0 Å². The molecule has 0 bridgehead atoms. The number of rotatable bonds is 4. The number of aromatic amines is 1. The number of amides is 1. The Kier molecular flexibility index (Phi) is 5.78. The van der Waals surface area contributed by atoms with E-state index in [9.17, 15) is 14.7 Å². The highest BCUT2D eigenvalue weighted by Crippen LogP contribution is 2.47. The predicted octanol–water partition coefficient (Wildman–Crippen LogP) is 3.26. The van der Waals surface area contributed by atoms with Crippen LogP contribution in [0.1, 0.15) is 67.7 Å². The highest BCUT2D eigenvalue weighted by Gasteiger charge is 2.50. The normalized spacial score (nSPS) is 26.5. The van der Waals surface area contributed by atoms with Gasteiger partial charge >= 0.3 is 5.69 Å². The maximum absolute atomic E-state index is 13.4. The first-order chi connectivity index (χ1) is 14.4. The second-order valence-electron chi connectivity index (χ2n) is 9.19. The lowest BCUT2D eigenvalue weighted by molar-refractivity contribution is -0.110. The number of fused-ring (bicyclic) bond motifs is 1. The number of aromatic nitrogens is 2. The van der Waals surface area contributed by atoms with Crippen molar-refractivity contribution >= 4 is 5.91 Å². The van der Waals surface area contributed by atoms with Crippen LogP contribution in [0.2, 0.25) is 0 Å². The molecule has 0 unspecified atom stereocenters. The third-order valence-electron chi connectivity index (χ3n) is 6.66. The number of benzene rings is 1. The Labute approximate surface area is 177 Å². The van der Waals surface area contributed by atoms with Crippen LogP contribution in [0.3, 0.4) is 0 Å². The van der Waals surface area contributed by atoms with Crippen LogP contribution in [0.15, 0.2) is 41.2 Å². The Morgan fingerprint density at radius 3 is 2.73 bits per heavy atom. The molecule has 1 aliphatic carbocycles. The molecule has 0 radical (unpaired) electrons. The Morgan fingerprint density at radius 1 is 1.27 bits per heavy atom. The average molecular weight is 410 g/mol. The molecule has 3 atom stereocenters. The molecule has 2 aromatic rings. The molecule has 6 heteroatoms. The third-order valence-corrected chi connectivity index (χ3v) is 6.66. The van der Waals surface area contributed by atoms with Crippen LogP contribution >= 0.6 is 0 Å². The van der Waals surface area contributed by atoms with E-state index in [0.29, 0.717) is 25.3 Å². The SMILES string of the molecule is CC(C)Cc1cc(C(=O)N2CC[C@@](O)(c3ccccc3)[C@H]3CCCC[C@H]32)nc(=O)[nH]1. The van der Waals surface area contributed by atoms with Gasteiger partial charge in [0, 0.05) is 24.2 Å². The molecule has 1 saturated heterocycles. The fourth-order valence-corrected chi connectivity index (χ4v) is 5.34. The van der Waals surface area contributed by atoms with E-state index in [2.05, 4.69) is 23.8 Å². The molecule has 2 N–H and O–H groups in total. The number of likely N-dealkylation sites (tertiary alicyclic amines) is 1. The molecule has 1 amide bonds. The molecule has 1 saturated carbocycles. The minimum Gasteiger partial charge on any atom is -0.385 e. The van der Waals surface area contributed by atoms with E-state index in [-0.39, 0.29) is 23.6 Å². The van der Waals surface area contributed by atoms with Gasteiger partial charge in [0.05, 0.1) is 5.60 Å². The van der Waals surface area contributed by atoms with Gasteiger partial charge in [-0.1, -0.05) is 57.0 Å². The lowest BCUT2D eigenvalue weighted by atomic mass is 9.66. The van der Waals surface area contributed by atoms with Crippen molar-refractivity contribution in [2.75, 3.05) is 6.54 Å². The average Bonchev–Trinajstić information content (AvgIpc) is 2.73. The van der Waals surface area contributed by atoms with Crippen molar-refractivity contribution in [2.45, 2.75) is 64.0 Å². The largest absolute Gasteiger partial charge is 0.385 e. The van der Waals surface area contributed by atoms with Gasteiger partial charge in [-0.2, -0.15) is 4.98 Å². The molecular weight excluding hydrogens is 378 g/mol. The molecule has 160 valence electrons. The maximum atomic E-state index is 13.4. The van der Waals surface area contributed by atoms with Gasteiger partial charge in [-0.3, -0.25) is 4.79 Å². The summed E-state index contributed by atoms with van der Waals surface area (Å²) in [6.45, 7) is 4.60. The van der Waals surface area contributed by atoms with Crippen LogP contribution < -0.4 is 5.69 Å². The number of carbonyl (C=O) groups is 1. The van der Waals surface area contributed by atoms with Crippen LogP contribution in [0.25, 0.3) is 0 Å². The first kappa shape index (κ1) is 20.8. The fourth-order valence-electron chi connectivity index (χ4n) is 5.34. The highest BCUT2D eigenvalue weighted by atomic mass is 16.3. The van der Waals surface area contributed by atoms with Crippen LogP contribution in [-0.4, -0.2) is 38.5 Å². The molecule has 1 aromatic heterocycles. The van der Waals surface area contributed by atoms with Crippen molar-refractivity contribution in [1.29, 1.82) is 0 Å². The van der Waals surface area contributed by atoms with E-state index in [1.54, 1.807) is 6.07 Å². The quantitative estimate of drug-likeness (QED) is 0.812. The van der Waals surface area contributed by atoms with Crippen molar-refractivity contribution in [3.63, 3.8) is 0 Å². The summed E-state index contributed by atoms with van der Waals surface area (Å²) in [6.07, 6.45) is 5.04. The van der Waals surface area contributed by atoms with Crippen molar-refractivity contribution in [3.8, 4) is 0 Å². The number of hydrogen-bond donors (Lipinski definition) is 2. The first-order valence-corrected chi connectivity index (χ1v) is 11.1. The zero-order chi connectivity index (χ0) is 21.3. The molecule has 2 heterocycles.